The largest absolute Gasteiger partial charge is 0.394 e. The Bertz CT molecular complexity index is 1340. The Balaban J connectivity index is 1.79. The summed E-state index contributed by atoms with van der Waals surface area (Å²) >= 11 is 15.7. The summed E-state index contributed by atoms with van der Waals surface area (Å²) < 4.78 is 23.6. The lowest BCUT2D eigenvalue weighted by molar-refractivity contribution is 0.0663. The second-order valence-corrected chi connectivity index (χ2v) is 9.45. The van der Waals surface area contributed by atoms with Gasteiger partial charge >= 0.3 is 0 Å². The van der Waals surface area contributed by atoms with Crippen molar-refractivity contribution < 1.29 is 19.0 Å². The van der Waals surface area contributed by atoms with E-state index in [2.05, 4.69) is 20.9 Å². The number of fused-ring (bicyclic) bond motifs is 1. The molecule has 1 aromatic heterocycles. The van der Waals surface area contributed by atoms with Gasteiger partial charge in [0.15, 0.2) is 11.6 Å². The Hall–Kier alpha value is -2.29. The quantitative estimate of drug-likeness (QED) is 0.197. The number of ketones is 1. The minimum atomic E-state index is -0.572. The molecule has 0 spiro atoms. The van der Waals surface area contributed by atoms with E-state index in [0.29, 0.717) is 27.7 Å². The van der Waals surface area contributed by atoms with Crippen LogP contribution < -0.4 is 0 Å². The third kappa shape index (κ3) is 5.50. The number of aromatic nitrogens is 2. The lowest BCUT2D eigenvalue weighted by Crippen LogP contribution is -2.15. The zero-order chi connectivity index (χ0) is 24.2. The third-order valence-electron chi connectivity index (χ3n) is 5.38. The lowest BCUT2D eigenvalue weighted by Gasteiger charge is -2.14. The van der Waals surface area contributed by atoms with Gasteiger partial charge in [0, 0.05) is 38.6 Å². The van der Waals surface area contributed by atoms with Crippen molar-refractivity contribution in [2.75, 3.05) is 19.8 Å². The van der Waals surface area contributed by atoms with Gasteiger partial charge in [0.25, 0.3) is 0 Å². The van der Waals surface area contributed by atoms with Crippen LogP contribution in [0, 0.1) is 5.82 Å². The number of carbonyl (C=O) groups is 1. The molecule has 0 radical (unpaired) electrons. The molecule has 34 heavy (non-hydrogen) atoms. The van der Waals surface area contributed by atoms with Crippen molar-refractivity contribution in [3.8, 4) is 0 Å². The predicted octanol–water partition coefficient (Wildman–Crippen LogP) is 6.08. The highest BCUT2D eigenvalue weighted by atomic mass is 79.9. The standard InChI is InChI=1S/C25H20BrCl2FN2O3/c26-17-4-3-16(21(28)10-17)9-20-19(23(33)13-34-8-7-32)11-22-25(24(20)29)30-14-31(22)12-15-1-5-18(27)6-2-15/h1-6,10-11,14,32H,7-9,12-13H2. The molecule has 0 aliphatic carbocycles. The van der Waals surface area contributed by atoms with Crippen LogP contribution >= 0.6 is 39.1 Å². The van der Waals surface area contributed by atoms with E-state index in [1.54, 1.807) is 41.2 Å². The summed E-state index contributed by atoms with van der Waals surface area (Å²) in [5.74, 6) is -0.964. The van der Waals surface area contributed by atoms with Gasteiger partial charge in [-0.2, -0.15) is 0 Å². The fourth-order valence-corrected chi connectivity index (χ4v) is 4.56. The predicted molar refractivity (Wildman–Crippen MR) is 134 cm³/mol. The molecule has 0 saturated carbocycles. The summed E-state index contributed by atoms with van der Waals surface area (Å²) in [6.45, 7) is -0.0493. The molecule has 4 aromatic rings. The molecular weight excluding hydrogens is 546 g/mol. The summed E-state index contributed by atoms with van der Waals surface area (Å²) in [4.78, 5) is 17.3. The highest BCUT2D eigenvalue weighted by Gasteiger charge is 2.22. The molecule has 4 rings (SSSR count). The van der Waals surface area contributed by atoms with E-state index < -0.39 is 11.6 Å². The molecule has 1 heterocycles. The summed E-state index contributed by atoms with van der Waals surface area (Å²) in [5, 5.41) is 10.0. The first kappa shape index (κ1) is 24.8. The zero-order valence-corrected chi connectivity index (χ0v) is 21.0. The van der Waals surface area contributed by atoms with Gasteiger partial charge < -0.3 is 14.4 Å². The van der Waals surface area contributed by atoms with E-state index in [4.69, 9.17) is 33.0 Å². The van der Waals surface area contributed by atoms with Gasteiger partial charge in [-0.25, -0.2) is 9.37 Å². The number of aliphatic hydroxyl groups excluding tert-OH is 1. The van der Waals surface area contributed by atoms with Gasteiger partial charge in [-0.05, 0) is 41.5 Å². The van der Waals surface area contributed by atoms with Gasteiger partial charge in [0.2, 0.25) is 0 Å². The fraction of sp³-hybridized carbons (Fsp3) is 0.200. The summed E-state index contributed by atoms with van der Waals surface area (Å²) in [7, 11) is 0. The summed E-state index contributed by atoms with van der Waals surface area (Å²) in [6.07, 6.45) is 1.66. The SMILES string of the molecule is O=C(COCCO)c1cc2c(ncn2Cc2ccc(Cl)cc2)c(F)c1Cc1ccc(Br)cc1Cl. The molecule has 176 valence electrons. The molecule has 9 heteroatoms. The van der Waals surface area contributed by atoms with Crippen molar-refractivity contribution >= 4 is 55.9 Å². The number of aliphatic hydroxyl groups is 1. The van der Waals surface area contributed by atoms with Gasteiger partial charge in [-0.15, -0.1) is 0 Å². The number of imidazole rings is 1. The van der Waals surface area contributed by atoms with Crippen LogP contribution in [0.25, 0.3) is 11.0 Å². The van der Waals surface area contributed by atoms with E-state index in [0.717, 1.165) is 10.0 Å². The molecule has 3 aromatic carbocycles. The second kappa shape index (κ2) is 11.0. The number of Topliss-reactive ketones (excluding diaryl/α,β-unsaturated/α-hetero) is 1. The van der Waals surface area contributed by atoms with Crippen molar-refractivity contribution in [3.63, 3.8) is 0 Å². The minimum Gasteiger partial charge on any atom is -0.394 e. The summed E-state index contributed by atoms with van der Waals surface area (Å²) in [5.41, 5.74) is 2.68. The van der Waals surface area contributed by atoms with Crippen LogP contribution in [0.5, 0.6) is 0 Å². The number of ether oxygens (including phenoxy) is 1. The normalized spacial score (nSPS) is 11.3. The number of benzene rings is 3. The van der Waals surface area contributed by atoms with Crippen LogP contribution in [-0.2, 0) is 17.7 Å². The van der Waals surface area contributed by atoms with Gasteiger partial charge in [-0.3, -0.25) is 4.79 Å². The molecular formula is C25H20BrCl2FN2O3. The molecule has 0 fully saturated rings. The zero-order valence-electron chi connectivity index (χ0n) is 17.9. The topological polar surface area (TPSA) is 64.3 Å². The van der Waals surface area contributed by atoms with Crippen LogP contribution in [0.1, 0.15) is 27.0 Å². The number of hydrogen-bond acceptors (Lipinski definition) is 4. The monoisotopic (exact) mass is 564 g/mol. The smallest absolute Gasteiger partial charge is 0.188 e. The minimum absolute atomic E-state index is 0.0127. The maximum Gasteiger partial charge on any atom is 0.188 e. The van der Waals surface area contributed by atoms with Crippen molar-refractivity contribution in [2.45, 2.75) is 13.0 Å². The van der Waals surface area contributed by atoms with Crippen molar-refractivity contribution in [3.05, 3.63) is 97.4 Å². The molecule has 0 unspecified atom stereocenters. The van der Waals surface area contributed by atoms with E-state index in [1.807, 2.05) is 18.2 Å². The van der Waals surface area contributed by atoms with Crippen molar-refractivity contribution in [1.29, 1.82) is 0 Å². The first-order valence-corrected chi connectivity index (χ1v) is 12.0. The number of rotatable bonds is 9. The van der Waals surface area contributed by atoms with Crippen molar-refractivity contribution in [2.24, 2.45) is 0 Å². The highest BCUT2D eigenvalue weighted by Crippen LogP contribution is 2.30. The van der Waals surface area contributed by atoms with Crippen molar-refractivity contribution in [1.82, 2.24) is 9.55 Å². The van der Waals surface area contributed by atoms with E-state index in [9.17, 15) is 4.79 Å². The van der Waals surface area contributed by atoms with Gasteiger partial charge in [0.1, 0.15) is 12.1 Å². The first-order valence-electron chi connectivity index (χ1n) is 10.4. The third-order valence-corrected chi connectivity index (χ3v) is 6.47. The van der Waals surface area contributed by atoms with Crippen LogP contribution in [0.2, 0.25) is 10.0 Å². The van der Waals surface area contributed by atoms with E-state index in [-0.39, 0.29) is 42.9 Å². The maximum absolute atomic E-state index is 15.8. The molecule has 0 bridgehead atoms. The van der Waals surface area contributed by atoms with Crippen LogP contribution in [0.15, 0.2) is 59.3 Å². The van der Waals surface area contributed by atoms with Crippen LogP contribution in [0.4, 0.5) is 4.39 Å². The molecule has 0 aliphatic rings. The Labute approximate surface area is 214 Å². The van der Waals surface area contributed by atoms with E-state index >= 15 is 4.39 Å². The summed E-state index contributed by atoms with van der Waals surface area (Å²) in [6, 6.07) is 14.3. The number of hydrogen-bond donors (Lipinski definition) is 1. The van der Waals surface area contributed by atoms with Gasteiger partial charge in [0.05, 0.1) is 25.1 Å². The van der Waals surface area contributed by atoms with Gasteiger partial charge in [-0.1, -0.05) is 57.3 Å². The Morgan fingerprint density at radius 3 is 2.62 bits per heavy atom. The highest BCUT2D eigenvalue weighted by molar-refractivity contribution is 9.10. The first-order chi connectivity index (χ1) is 16.4. The molecule has 0 atom stereocenters. The molecule has 1 N–H and O–H groups in total. The number of halogens is 4. The average molecular weight is 566 g/mol. The van der Waals surface area contributed by atoms with Crippen LogP contribution in [-0.4, -0.2) is 40.3 Å². The maximum atomic E-state index is 15.8. The Kier molecular flexibility index (Phi) is 8.01. The van der Waals surface area contributed by atoms with E-state index in [1.165, 1.54) is 0 Å². The Morgan fingerprint density at radius 2 is 1.91 bits per heavy atom. The average Bonchev–Trinajstić information content (AvgIpc) is 3.21. The molecule has 5 nitrogen and oxygen atoms in total. The number of nitrogens with zero attached hydrogens (tertiary/aromatic N) is 2. The lowest BCUT2D eigenvalue weighted by atomic mass is 9.95. The Morgan fingerprint density at radius 1 is 1.15 bits per heavy atom. The fourth-order valence-electron chi connectivity index (χ4n) is 3.69. The van der Waals surface area contributed by atoms with Crippen LogP contribution in [0.3, 0.4) is 0 Å². The second-order valence-electron chi connectivity index (χ2n) is 7.70. The molecule has 0 aliphatic heterocycles. The molecule has 0 amide bonds. The number of carbonyl (C=O) groups excluding carboxylic acids is 1. The molecule has 0 saturated heterocycles.